The number of nitrogens with one attached hydrogen (secondary N) is 7. The van der Waals surface area contributed by atoms with Crippen LogP contribution in [0.1, 0.15) is 34.0 Å². The SMILES string of the molecule is CCOC(=O)C1=C(O)/C(=C/c2ccc(OCCN(N)/C=C(\N)CNC(=O)c3cc(NC(=O)Nc4ccc(C5=NCCN5)cc4)cc(NC(=O)Nc4ccc(C5=NCCN5)cc4)c3)c(O)c2)SC1=Nc1ccccc1. The zero-order chi connectivity index (χ0) is 52.0. The van der Waals surface area contributed by atoms with Gasteiger partial charge in [-0.15, -0.1) is 0 Å². The average Bonchev–Trinajstić information content (AvgIpc) is 4.19. The summed E-state index contributed by atoms with van der Waals surface area (Å²) < 4.78 is 11.0. The number of nitrogens with two attached hydrogens (primary N) is 2. The van der Waals surface area contributed by atoms with E-state index in [4.69, 9.17) is 21.1 Å². The lowest BCUT2D eigenvalue weighted by Gasteiger charge is -2.17. The number of esters is 1. The lowest BCUT2D eigenvalue weighted by Crippen LogP contribution is -2.33. The van der Waals surface area contributed by atoms with E-state index in [1.165, 1.54) is 35.5 Å². The first kappa shape index (κ1) is 51.1. The van der Waals surface area contributed by atoms with Gasteiger partial charge in [0.15, 0.2) is 11.5 Å². The molecule has 8 rings (SSSR count). The van der Waals surface area contributed by atoms with Gasteiger partial charge in [0.25, 0.3) is 5.91 Å². The summed E-state index contributed by atoms with van der Waals surface area (Å²) in [6.45, 7) is 4.71. The van der Waals surface area contributed by atoms with Crippen molar-refractivity contribution < 1.29 is 38.9 Å². The molecule has 3 aliphatic heterocycles. The smallest absolute Gasteiger partial charge is 0.344 e. The molecule has 74 heavy (non-hydrogen) atoms. The molecule has 0 radical (unpaired) electrons. The molecule has 5 aromatic rings. The van der Waals surface area contributed by atoms with Crippen molar-refractivity contribution in [3.8, 4) is 11.5 Å². The van der Waals surface area contributed by atoms with E-state index in [2.05, 4.69) is 52.2 Å². The van der Waals surface area contributed by atoms with Crippen LogP contribution in [0.3, 0.4) is 0 Å². The molecule has 3 aliphatic rings. The third-order valence-electron chi connectivity index (χ3n) is 10.9. The molecule has 3 heterocycles. The molecule has 21 nitrogen and oxygen atoms in total. The largest absolute Gasteiger partial charge is 0.506 e. The highest BCUT2D eigenvalue weighted by atomic mass is 32.2. The number of phenols is 1. The highest BCUT2D eigenvalue weighted by Gasteiger charge is 2.33. The van der Waals surface area contributed by atoms with E-state index in [0.717, 1.165) is 47.6 Å². The van der Waals surface area contributed by atoms with Gasteiger partial charge < -0.3 is 67.6 Å². The van der Waals surface area contributed by atoms with Crippen molar-refractivity contribution in [1.82, 2.24) is 21.0 Å². The topological polar surface area (TPSA) is 304 Å². The van der Waals surface area contributed by atoms with Crippen molar-refractivity contribution in [1.29, 1.82) is 0 Å². The molecule has 0 bridgehead atoms. The van der Waals surface area contributed by atoms with Crippen LogP contribution >= 0.6 is 11.8 Å². The standard InChI is InChI=1S/C52H53N13O8S/c1-2-72-50(69)44-45(67)43(74-49(44)60-36-6-4-3-5-7-36)25-31-8-17-42(41(66)24-31)73-23-22-65(54)30-35(53)29-59-48(68)34-26-39(63-51(70)61-37-13-9-32(10-14-37)46-55-18-19-56-46)28-40(27-34)64-52(71)62-38-15-11-33(12-16-38)47-57-20-21-58-47/h3-17,24-28,30,66-67H,2,18-23,29,53-54H2,1H3,(H,55,56)(H,57,58)(H,59,68)(H2,61,63,70)(H2,62,64,71)/b35-30-,43-25-,60-49?. The predicted molar refractivity (Wildman–Crippen MR) is 288 cm³/mol. The van der Waals surface area contributed by atoms with Gasteiger partial charge in [-0.2, -0.15) is 0 Å². The molecule has 0 fully saturated rings. The minimum atomic E-state index is -0.708. The second kappa shape index (κ2) is 24.2. The summed E-state index contributed by atoms with van der Waals surface area (Å²) >= 11 is 1.09. The van der Waals surface area contributed by atoms with E-state index < -0.39 is 23.9 Å². The van der Waals surface area contributed by atoms with Gasteiger partial charge in [-0.3, -0.25) is 14.8 Å². The van der Waals surface area contributed by atoms with Crippen molar-refractivity contribution >= 4 is 86.9 Å². The number of carbonyl (C=O) groups is 4. The maximum absolute atomic E-state index is 13.6. The Hall–Kier alpha value is -9.28. The van der Waals surface area contributed by atoms with E-state index >= 15 is 0 Å². The van der Waals surface area contributed by atoms with E-state index in [1.54, 1.807) is 61.5 Å². The van der Waals surface area contributed by atoms with Crippen molar-refractivity contribution in [3.63, 3.8) is 0 Å². The molecule has 5 aromatic carbocycles. The number of phenolic OH excluding ortho intramolecular Hbond substituents is 1. The number of rotatable bonds is 18. The number of aliphatic imine (C=N–C) groups is 3. The number of aliphatic hydroxyl groups excluding tert-OH is 1. The average molecular weight is 1020 g/mol. The van der Waals surface area contributed by atoms with Gasteiger partial charge in [-0.05, 0) is 110 Å². The number of hydrogen-bond acceptors (Lipinski definition) is 17. The Morgan fingerprint density at radius 3 is 1.93 bits per heavy atom. The number of amidine groups is 2. The number of benzene rings is 5. The summed E-state index contributed by atoms with van der Waals surface area (Å²) in [5.74, 6) is 6.15. The summed E-state index contributed by atoms with van der Waals surface area (Å²) in [5.41, 5.74) is 10.8. The quantitative estimate of drug-likeness (QED) is 0.0259. The third-order valence-corrected chi connectivity index (χ3v) is 11.9. The van der Waals surface area contributed by atoms with Gasteiger partial charge in [0.2, 0.25) is 0 Å². The Kier molecular flexibility index (Phi) is 16.7. The number of para-hydroxylation sites is 1. The molecule has 0 aromatic heterocycles. The molecule has 22 heteroatoms. The van der Waals surface area contributed by atoms with Crippen LogP contribution in [0.2, 0.25) is 0 Å². The first-order chi connectivity index (χ1) is 35.9. The maximum Gasteiger partial charge on any atom is 0.344 e. The number of anilines is 4. The van der Waals surface area contributed by atoms with Crippen LogP contribution in [-0.4, -0.2) is 108 Å². The summed E-state index contributed by atoms with van der Waals surface area (Å²) in [5, 5.41) is 43.6. The molecular weight excluding hydrogens is 967 g/mol. The number of nitrogens with zero attached hydrogens (tertiary/aromatic N) is 4. The number of carbonyl (C=O) groups excluding carboxylic acids is 4. The predicted octanol–water partition coefficient (Wildman–Crippen LogP) is 6.36. The summed E-state index contributed by atoms with van der Waals surface area (Å²) in [6, 6.07) is 31.2. The van der Waals surface area contributed by atoms with Gasteiger partial charge in [-0.25, -0.2) is 25.2 Å². The highest BCUT2D eigenvalue weighted by Crippen LogP contribution is 2.41. The number of urea groups is 2. The number of hydrazine groups is 1. The van der Waals surface area contributed by atoms with Gasteiger partial charge in [0.1, 0.15) is 34.7 Å². The second-order valence-corrected chi connectivity index (χ2v) is 17.5. The maximum atomic E-state index is 13.6. The molecule has 0 saturated heterocycles. The number of ether oxygens (including phenoxy) is 2. The van der Waals surface area contributed by atoms with Crippen LogP contribution in [0.4, 0.5) is 38.0 Å². The van der Waals surface area contributed by atoms with Crippen molar-refractivity contribution in [2.24, 2.45) is 26.6 Å². The fourth-order valence-corrected chi connectivity index (χ4v) is 8.51. The Bertz CT molecular complexity index is 3000. The highest BCUT2D eigenvalue weighted by molar-refractivity contribution is 8.18. The number of amides is 5. The lowest BCUT2D eigenvalue weighted by molar-refractivity contribution is -0.138. The first-order valence-corrected chi connectivity index (χ1v) is 24.1. The zero-order valence-electron chi connectivity index (χ0n) is 40.0. The lowest BCUT2D eigenvalue weighted by atomic mass is 10.1. The van der Waals surface area contributed by atoms with E-state index in [-0.39, 0.29) is 76.8 Å². The van der Waals surface area contributed by atoms with Crippen LogP contribution in [0.25, 0.3) is 6.08 Å². The Balaban J connectivity index is 0.867. The monoisotopic (exact) mass is 1020 g/mol. The second-order valence-electron chi connectivity index (χ2n) is 16.4. The van der Waals surface area contributed by atoms with Crippen LogP contribution in [0.15, 0.2) is 158 Å². The van der Waals surface area contributed by atoms with Crippen molar-refractivity contribution in [2.75, 3.05) is 73.7 Å². The van der Waals surface area contributed by atoms with E-state index in [9.17, 15) is 29.4 Å². The number of hydrogen-bond donors (Lipinski definition) is 11. The molecule has 0 aliphatic carbocycles. The minimum absolute atomic E-state index is 0.0238. The summed E-state index contributed by atoms with van der Waals surface area (Å²) in [7, 11) is 0. The molecule has 0 saturated carbocycles. The molecule has 0 spiro atoms. The van der Waals surface area contributed by atoms with Gasteiger partial charge in [0, 0.05) is 64.4 Å². The molecule has 380 valence electrons. The van der Waals surface area contributed by atoms with Crippen molar-refractivity contribution in [3.05, 3.63) is 166 Å². The van der Waals surface area contributed by atoms with Gasteiger partial charge in [-0.1, -0.05) is 36.0 Å². The first-order valence-electron chi connectivity index (χ1n) is 23.3. The fourth-order valence-electron chi connectivity index (χ4n) is 7.47. The van der Waals surface area contributed by atoms with Crippen LogP contribution in [-0.2, 0) is 9.53 Å². The molecule has 13 N–H and O–H groups in total. The Labute approximate surface area is 429 Å². The number of thioether (sulfide) groups is 1. The van der Waals surface area contributed by atoms with Crippen LogP contribution in [0, 0.1) is 0 Å². The van der Waals surface area contributed by atoms with Gasteiger partial charge >= 0.3 is 18.0 Å². The van der Waals surface area contributed by atoms with Crippen LogP contribution < -0.4 is 53.5 Å². The molecular formula is C52H53N13O8S. The van der Waals surface area contributed by atoms with Crippen molar-refractivity contribution in [2.45, 2.75) is 6.92 Å². The van der Waals surface area contributed by atoms with E-state index in [0.29, 0.717) is 40.6 Å². The third kappa shape index (κ3) is 13.8. The molecule has 0 unspecified atom stereocenters. The molecule has 0 atom stereocenters. The summed E-state index contributed by atoms with van der Waals surface area (Å²) in [4.78, 5) is 66.5. The summed E-state index contributed by atoms with van der Waals surface area (Å²) in [6.07, 6.45) is 3.01. The number of aliphatic hydroxyl groups is 1. The van der Waals surface area contributed by atoms with Crippen LogP contribution in [0.5, 0.6) is 11.5 Å². The normalized spacial score (nSPS) is 15.1. The molecule has 5 amide bonds. The Morgan fingerprint density at radius 1 is 0.784 bits per heavy atom. The zero-order valence-corrected chi connectivity index (χ0v) is 40.8. The Morgan fingerprint density at radius 2 is 1.38 bits per heavy atom. The number of aromatic hydroxyl groups is 1. The van der Waals surface area contributed by atoms with E-state index in [1.807, 2.05) is 42.5 Å². The van der Waals surface area contributed by atoms with Gasteiger partial charge in [0.05, 0.1) is 43.4 Å². The fraction of sp³-hybridized carbons (Fsp3) is 0.173. The minimum Gasteiger partial charge on any atom is -0.506 e.